The average molecular weight is 388 g/mol. The fourth-order valence-electron chi connectivity index (χ4n) is 3.05. The molecule has 0 spiro atoms. The summed E-state index contributed by atoms with van der Waals surface area (Å²) in [6.07, 6.45) is 1.34. The molecule has 1 aliphatic heterocycles. The van der Waals surface area contributed by atoms with Gasteiger partial charge in [0.15, 0.2) is 0 Å². The molecule has 0 saturated carbocycles. The number of carbonyl (C=O) groups is 1. The van der Waals surface area contributed by atoms with Crippen LogP contribution >= 0.6 is 0 Å². The van der Waals surface area contributed by atoms with Crippen LogP contribution in [0.15, 0.2) is 53.4 Å². The van der Waals surface area contributed by atoms with Crippen molar-refractivity contribution in [2.24, 2.45) is 0 Å². The molecule has 1 amide bonds. The first-order chi connectivity index (χ1) is 12.9. The minimum Gasteiger partial charge on any atom is -0.381 e. The minimum atomic E-state index is -3.68. The number of hydrogen-bond donors (Lipinski definition) is 1. The molecule has 1 aliphatic rings. The van der Waals surface area contributed by atoms with Crippen molar-refractivity contribution in [3.63, 3.8) is 0 Å². The van der Waals surface area contributed by atoms with Crippen molar-refractivity contribution < 1.29 is 17.9 Å². The second-order valence-corrected chi connectivity index (χ2v) is 8.71. The normalized spacial score (nSPS) is 15.7. The molecule has 7 heteroatoms. The highest BCUT2D eigenvalue weighted by Crippen LogP contribution is 2.23. The summed E-state index contributed by atoms with van der Waals surface area (Å²) in [5.74, 6) is -0.343. The Balaban J connectivity index is 1.79. The fraction of sp³-hybridized carbons (Fsp3) is 0.350. The molecule has 0 aromatic heterocycles. The molecule has 0 unspecified atom stereocenters. The van der Waals surface area contributed by atoms with Crippen LogP contribution in [0.2, 0.25) is 0 Å². The SMILES string of the molecule is Cc1ccc(NC(=O)c2cccc(S(=O)(=O)N(C)C3CCOCC3)c2)cc1. The maximum atomic E-state index is 13.0. The van der Waals surface area contributed by atoms with Crippen molar-refractivity contribution in [1.82, 2.24) is 4.31 Å². The lowest BCUT2D eigenvalue weighted by molar-refractivity contribution is 0.0632. The van der Waals surface area contributed by atoms with Crippen LogP contribution in [0.5, 0.6) is 0 Å². The van der Waals surface area contributed by atoms with E-state index < -0.39 is 10.0 Å². The van der Waals surface area contributed by atoms with E-state index in [0.29, 0.717) is 37.3 Å². The molecule has 144 valence electrons. The van der Waals surface area contributed by atoms with Gasteiger partial charge in [0, 0.05) is 37.6 Å². The Hall–Kier alpha value is -2.22. The first kappa shape index (κ1) is 19.5. The summed E-state index contributed by atoms with van der Waals surface area (Å²) in [5.41, 5.74) is 2.06. The van der Waals surface area contributed by atoms with Gasteiger partial charge in [-0.3, -0.25) is 4.79 Å². The van der Waals surface area contributed by atoms with Crippen LogP contribution in [0.3, 0.4) is 0 Å². The van der Waals surface area contributed by atoms with E-state index >= 15 is 0 Å². The first-order valence-electron chi connectivity index (χ1n) is 8.92. The lowest BCUT2D eigenvalue weighted by Crippen LogP contribution is -2.40. The van der Waals surface area contributed by atoms with Crippen molar-refractivity contribution in [3.05, 3.63) is 59.7 Å². The smallest absolute Gasteiger partial charge is 0.255 e. The quantitative estimate of drug-likeness (QED) is 0.854. The predicted molar refractivity (Wildman–Crippen MR) is 104 cm³/mol. The van der Waals surface area contributed by atoms with Gasteiger partial charge in [0.05, 0.1) is 4.90 Å². The van der Waals surface area contributed by atoms with E-state index in [1.807, 2.05) is 31.2 Å². The lowest BCUT2D eigenvalue weighted by Gasteiger charge is -2.30. The van der Waals surface area contributed by atoms with E-state index in [0.717, 1.165) is 5.56 Å². The molecular weight excluding hydrogens is 364 g/mol. The van der Waals surface area contributed by atoms with E-state index in [1.54, 1.807) is 19.2 Å². The highest BCUT2D eigenvalue weighted by atomic mass is 32.2. The zero-order valence-electron chi connectivity index (χ0n) is 15.5. The predicted octanol–water partition coefficient (Wildman–Crippen LogP) is 3.05. The lowest BCUT2D eigenvalue weighted by atomic mass is 10.1. The number of anilines is 1. The first-order valence-corrected chi connectivity index (χ1v) is 10.4. The monoisotopic (exact) mass is 388 g/mol. The van der Waals surface area contributed by atoms with E-state index in [4.69, 9.17) is 4.74 Å². The van der Waals surface area contributed by atoms with Gasteiger partial charge in [-0.25, -0.2) is 8.42 Å². The zero-order valence-corrected chi connectivity index (χ0v) is 16.3. The van der Waals surface area contributed by atoms with Gasteiger partial charge in [0.1, 0.15) is 0 Å². The van der Waals surface area contributed by atoms with Crippen LogP contribution in [-0.2, 0) is 14.8 Å². The maximum absolute atomic E-state index is 13.0. The van der Waals surface area contributed by atoms with Crippen molar-refractivity contribution in [1.29, 1.82) is 0 Å². The third-order valence-corrected chi connectivity index (χ3v) is 6.69. The highest BCUT2D eigenvalue weighted by molar-refractivity contribution is 7.89. The van der Waals surface area contributed by atoms with Crippen LogP contribution in [-0.4, -0.2) is 44.9 Å². The molecule has 1 N–H and O–H groups in total. The van der Waals surface area contributed by atoms with Gasteiger partial charge in [0.2, 0.25) is 10.0 Å². The fourth-order valence-corrected chi connectivity index (χ4v) is 4.51. The Kier molecular flexibility index (Phi) is 5.94. The second-order valence-electron chi connectivity index (χ2n) is 6.71. The molecule has 0 aliphatic carbocycles. The number of nitrogens with zero attached hydrogens (tertiary/aromatic N) is 1. The number of benzene rings is 2. The Morgan fingerprint density at radius 2 is 1.78 bits per heavy atom. The minimum absolute atomic E-state index is 0.0891. The molecule has 1 heterocycles. The van der Waals surface area contributed by atoms with E-state index in [2.05, 4.69) is 5.32 Å². The van der Waals surface area contributed by atoms with Gasteiger partial charge in [-0.05, 0) is 50.1 Å². The third kappa shape index (κ3) is 4.55. The summed E-state index contributed by atoms with van der Waals surface area (Å²) in [4.78, 5) is 12.6. The number of aryl methyl sites for hydroxylation is 1. The van der Waals surface area contributed by atoms with E-state index in [9.17, 15) is 13.2 Å². The Morgan fingerprint density at radius 3 is 2.44 bits per heavy atom. The van der Waals surface area contributed by atoms with Gasteiger partial charge >= 0.3 is 0 Å². The molecule has 0 bridgehead atoms. The topological polar surface area (TPSA) is 75.7 Å². The Bertz CT molecular complexity index is 904. The van der Waals surface area contributed by atoms with Crippen LogP contribution in [0.25, 0.3) is 0 Å². The molecular formula is C20H24N2O4S. The summed E-state index contributed by atoms with van der Waals surface area (Å²) in [6.45, 7) is 3.09. The zero-order chi connectivity index (χ0) is 19.4. The Labute approximate surface area is 160 Å². The highest BCUT2D eigenvalue weighted by Gasteiger charge is 2.29. The summed E-state index contributed by atoms with van der Waals surface area (Å²) >= 11 is 0. The largest absolute Gasteiger partial charge is 0.381 e. The third-order valence-electron chi connectivity index (χ3n) is 4.79. The van der Waals surface area contributed by atoms with Gasteiger partial charge < -0.3 is 10.1 Å². The molecule has 27 heavy (non-hydrogen) atoms. The van der Waals surface area contributed by atoms with Crippen molar-refractivity contribution in [2.45, 2.75) is 30.7 Å². The van der Waals surface area contributed by atoms with Crippen molar-refractivity contribution in [3.8, 4) is 0 Å². The molecule has 6 nitrogen and oxygen atoms in total. The van der Waals surface area contributed by atoms with Gasteiger partial charge in [-0.1, -0.05) is 23.8 Å². The number of carbonyl (C=O) groups excluding carboxylic acids is 1. The number of ether oxygens (including phenoxy) is 1. The summed E-state index contributed by atoms with van der Waals surface area (Å²) in [6, 6.07) is 13.5. The van der Waals surface area contributed by atoms with Crippen molar-refractivity contribution >= 4 is 21.6 Å². The van der Waals surface area contributed by atoms with Crippen LogP contribution in [0, 0.1) is 6.92 Å². The van der Waals surface area contributed by atoms with Gasteiger partial charge in [-0.2, -0.15) is 4.31 Å². The van der Waals surface area contributed by atoms with Gasteiger partial charge in [0.25, 0.3) is 5.91 Å². The molecule has 1 fully saturated rings. The maximum Gasteiger partial charge on any atom is 0.255 e. The molecule has 2 aromatic rings. The standard InChI is InChI=1S/C20H24N2O4S/c1-15-6-8-17(9-7-15)21-20(23)16-4-3-5-19(14-16)27(24,25)22(2)18-10-12-26-13-11-18/h3-9,14,18H,10-13H2,1-2H3,(H,21,23). The summed E-state index contributed by atoms with van der Waals surface area (Å²) < 4.78 is 32.6. The number of nitrogens with one attached hydrogen (secondary N) is 1. The average Bonchev–Trinajstić information content (AvgIpc) is 2.70. The van der Waals surface area contributed by atoms with Crippen LogP contribution in [0.4, 0.5) is 5.69 Å². The van der Waals surface area contributed by atoms with Gasteiger partial charge in [-0.15, -0.1) is 0 Å². The number of rotatable bonds is 5. The molecule has 3 rings (SSSR count). The molecule has 2 aromatic carbocycles. The van der Waals surface area contributed by atoms with E-state index in [1.165, 1.54) is 16.4 Å². The van der Waals surface area contributed by atoms with E-state index in [-0.39, 0.29) is 16.8 Å². The Morgan fingerprint density at radius 1 is 1.11 bits per heavy atom. The second kappa shape index (κ2) is 8.21. The molecule has 1 saturated heterocycles. The van der Waals surface area contributed by atoms with Crippen molar-refractivity contribution in [2.75, 3.05) is 25.6 Å². The molecule has 0 radical (unpaired) electrons. The molecule has 0 atom stereocenters. The van der Waals surface area contributed by atoms with Crippen LogP contribution < -0.4 is 5.32 Å². The summed E-state index contributed by atoms with van der Waals surface area (Å²) in [5, 5.41) is 2.79. The number of amides is 1. The summed E-state index contributed by atoms with van der Waals surface area (Å²) in [7, 11) is -2.09. The number of sulfonamides is 1. The number of hydrogen-bond acceptors (Lipinski definition) is 4. The van der Waals surface area contributed by atoms with Crippen LogP contribution in [0.1, 0.15) is 28.8 Å².